The molecule has 0 aromatic heterocycles. The first-order valence-corrected chi connectivity index (χ1v) is 21.6. The Hall–Kier alpha value is -2.66. The van der Waals surface area contributed by atoms with Gasteiger partial charge in [-0.2, -0.15) is 17.7 Å². The third-order valence-electron chi connectivity index (χ3n) is 17.6. The molecule has 0 amide bonds. The normalized spacial score (nSPS) is 50.4. The van der Waals surface area contributed by atoms with Gasteiger partial charge < -0.3 is 44.5 Å². The maximum atomic E-state index is 15.0. The molecule has 2 saturated heterocycles. The number of allylic oxidation sites excluding steroid dienone is 2. The van der Waals surface area contributed by atoms with E-state index in [-0.39, 0.29) is 40.3 Å². The minimum absolute atomic E-state index is 0.0397. The van der Waals surface area contributed by atoms with Gasteiger partial charge >= 0.3 is 17.9 Å². The van der Waals surface area contributed by atoms with Gasteiger partial charge in [-0.15, -0.1) is 0 Å². The number of ether oxygens (including phenoxy) is 4. The van der Waals surface area contributed by atoms with E-state index in [9.17, 15) is 44.7 Å². The average Bonchev–Trinajstić information content (AvgIpc) is 3.21. The van der Waals surface area contributed by atoms with Gasteiger partial charge in [0.05, 0.1) is 11.5 Å². The van der Waals surface area contributed by atoms with Crippen molar-refractivity contribution in [3.8, 4) is 0 Å². The first kappa shape index (κ1) is 46.3. The molecule has 4 saturated carbocycles. The molecule has 0 aromatic rings. The molecule has 14 N–H and O–H groups in total. The summed E-state index contributed by atoms with van der Waals surface area (Å²) in [5.74, 6) is 6.73. The van der Waals surface area contributed by atoms with Gasteiger partial charge in [-0.3, -0.25) is 19.3 Å². The van der Waals surface area contributed by atoms with Gasteiger partial charge in [-0.1, -0.05) is 47.1 Å². The molecule has 0 aromatic carbocycles. The van der Waals surface area contributed by atoms with Crippen LogP contribution in [0.1, 0.15) is 106 Å². The van der Waals surface area contributed by atoms with Crippen LogP contribution in [0.15, 0.2) is 11.6 Å². The van der Waals surface area contributed by atoms with Crippen molar-refractivity contribution in [3.63, 3.8) is 0 Å². The van der Waals surface area contributed by atoms with Gasteiger partial charge in [0, 0.05) is 5.92 Å². The summed E-state index contributed by atoms with van der Waals surface area (Å²) >= 11 is 0. The second-order valence-corrected chi connectivity index (χ2v) is 21.0. The summed E-state index contributed by atoms with van der Waals surface area (Å²) in [7, 11) is 0. The van der Waals surface area contributed by atoms with E-state index in [0.717, 1.165) is 37.7 Å². The Kier molecular flexibility index (Phi) is 12.0. The molecule has 2 heterocycles. The van der Waals surface area contributed by atoms with Crippen LogP contribution in [0.2, 0.25) is 0 Å². The number of fused-ring (bicyclic) bond motifs is 7. The molecule has 0 unspecified atom stereocenters. The van der Waals surface area contributed by atoms with Crippen LogP contribution in [-0.4, -0.2) is 117 Å². The lowest BCUT2D eigenvalue weighted by atomic mass is 9.33. The highest BCUT2D eigenvalue weighted by molar-refractivity contribution is 5.95. The molecule has 7 aliphatic rings. The molecule has 0 radical (unpaired) electrons. The molecule has 19 heteroatoms. The third-order valence-corrected chi connectivity index (χ3v) is 17.6. The number of aliphatic hydroxyl groups excluding tert-OH is 5. The summed E-state index contributed by atoms with van der Waals surface area (Å²) in [6.45, 7) is 15.2. The van der Waals surface area contributed by atoms with Crippen LogP contribution in [0, 0.1) is 50.2 Å². The molecule has 6 fully saturated rings. The van der Waals surface area contributed by atoms with E-state index in [1.807, 2.05) is 13.0 Å². The molecule has 2 aliphatic heterocycles. The van der Waals surface area contributed by atoms with E-state index in [4.69, 9.17) is 23.8 Å². The van der Waals surface area contributed by atoms with Crippen LogP contribution in [-0.2, 0) is 52.6 Å². The fourth-order valence-electron chi connectivity index (χ4n) is 13.7. The summed E-state index contributed by atoms with van der Waals surface area (Å²) in [5, 5.41) is 54.3. The Balaban J connectivity index is 1.18. The molecule has 0 bridgehead atoms. The van der Waals surface area contributed by atoms with Crippen LogP contribution < -0.4 is 17.7 Å². The fourth-order valence-corrected chi connectivity index (χ4v) is 13.7. The quantitative estimate of drug-likeness (QED) is 0.102. The molecule has 0 spiro atoms. The lowest BCUT2D eigenvalue weighted by molar-refractivity contribution is -0.659. The zero-order chi connectivity index (χ0) is 45.0. The number of quaternary nitrogens is 3. The Morgan fingerprint density at radius 2 is 1.28 bits per heavy atom. The molecular formula is C42H68N3O16+3. The zero-order valence-electron chi connectivity index (χ0n) is 36.4. The second kappa shape index (κ2) is 15.8. The molecule has 61 heavy (non-hydrogen) atoms. The topological polar surface area (TPSA) is 317 Å². The highest BCUT2D eigenvalue weighted by Gasteiger charge is 2.71. The van der Waals surface area contributed by atoms with Crippen molar-refractivity contribution >= 4 is 23.7 Å². The first-order chi connectivity index (χ1) is 28.4. The van der Waals surface area contributed by atoms with Crippen molar-refractivity contribution < 1.29 is 95.9 Å². The maximum absolute atomic E-state index is 15.0. The van der Waals surface area contributed by atoms with Crippen molar-refractivity contribution in [2.45, 2.75) is 174 Å². The van der Waals surface area contributed by atoms with E-state index in [0.29, 0.717) is 25.7 Å². The number of ketones is 1. The number of carbonyl (C=O) groups excluding carboxylic acids is 4. The lowest BCUT2D eigenvalue weighted by Crippen LogP contribution is -2.69. The van der Waals surface area contributed by atoms with Crippen LogP contribution in [0.3, 0.4) is 0 Å². The Morgan fingerprint density at radius 3 is 1.89 bits per heavy atom. The number of carbonyl (C=O) groups is 4. The standard InChI is InChI=1S/C42H68N3O16/c1-37(2)21-8-11-42(7)31(20(46)16-18-19-17-39(4,36(54)61-45)13-12-38(19,3)14-15-41(18,42)6)40(21,5)10-9-22(37)55-35-30(26(50)25(49)29(57-35)33(53)60-44)58-34-27(51)23(47)24(48)28(56-34)32(52)59-43/h16,19,21-31,34-35,47-51H,8-15,17H2,1-7,43-45H3/q+3/t19-,21-,22-,23-,24-,25-,26-,27+,28-,29-,30+,31+,34-,35-,38+,39-,40-,41+,42+/m0/s1. The maximum Gasteiger partial charge on any atom is 0.397 e. The fraction of sp³-hybridized carbons (Fsp3) is 0.857. The van der Waals surface area contributed by atoms with Gasteiger partial charge in [0.1, 0.15) is 36.6 Å². The molecule has 19 atom stereocenters. The van der Waals surface area contributed by atoms with E-state index in [1.165, 1.54) is 0 Å². The van der Waals surface area contributed by atoms with Gasteiger partial charge in [-0.25, -0.2) is 14.4 Å². The van der Waals surface area contributed by atoms with E-state index < -0.39 is 101 Å². The molecular weight excluding hydrogens is 802 g/mol. The summed E-state index contributed by atoms with van der Waals surface area (Å²) in [6.07, 6.45) is -10.7. The van der Waals surface area contributed by atoms with Gasteiger partial charge in [0.25, 0.3) is 0 Å². The lowest BCUT2D eigenvalue weighted by Gasteiger charge is -2.70. The predicted octanol–water partition coefficient (Wildman–Crippen LogP) is -1.91. The average molecular weight is 871 g/mol. The number of rotatable bonds is 7. The summed E-state index contributed by atoms with van der Waals surface area (Å²) in [4.78, 5) is 67.2. The van der Waals surface area contributed by atoms with E-state index in [2.05, 4.69) is 68.9 Å². The highest BCUT2D eigenvalue weighted by atomic mass is 16.8. The van der Waals surface area contributed by atoms with Crippen molar-refractivity contribution in [1.29, 1.82) is 0 Å². The summed E-state index contributed by atoms with van der Waals surface area (Å²) in [6, 6.07) is 0. The van der Waals surface area contributed by atoms with E-state index in [1.54, 1.807) is 0 Å². The molecule has 19 nitrogen and oxygen atoms in total. The Morgan fingerprint density at radius 1 is 0.689 bits per heavy atom. The van der Waals surface area contributed by atoms with Crippen molar-refractivity contribution in [1.82, 2.24) is 0 Å². The Bertz CT molecular complexity index is 1800. The number of hydrogen-bond donors (Lipinski definition) is 8. The van der Waals surface area contributed by atoms with Crippen molar-refractivity contribution in [2.24, 2.45) is 50.2 Å². The van der Waals surface area contributed by atoms with Crippen molar-refractivity contribution in [3.05, 3.63) is 11.6 Å². The second-order valence-electron chi connectivity index (χ2n) is 21.0. The third kappa shape index (κ3) is 6.92. The van der Waals surface area contributed by atoms with Crippen LogP contribution >= 0.6 is 0 Å². The van der Waals surface area contributed by atoms with Gasteiger partial charge in [-0.05, 0) is 110 Å². The predicted molar refractivity (Wildman–Crippen MR) is 203 cm³/mol. The van der Waals surface area contributed by atoms with E-state index >= 15 is 0 Å². The van der Waals surface area contributed by atoms with Crippen LogP contribution in [0.25, 0.3) is 0 Å². The van der Waals surface area contributed by atoms with Gasteiger partial charge in [0.2, 0.25) is 0 Å². The Labute approximate surface area is 354 Å². The SMILES string of the molecule is CC1(C)[C@@H](O[C@H]2O[C@H](C(=O)O[NH3+])[C@@H](O)[C@H](O)[C@H]2O[C@@H]2O[C@H](C(=O)O[NH3+])[C@@H](O)[C@H](O)[C@H]2O)CC[C@]2(C)[C@H]3C(=O)C=C4[C@@H]5C[C@@](C)(C(=O)O[NH3+])CC[C@]5(C)CC[C@@]4(C)[C@]3(C)CC[C@@H]12. The largest absolute Gasteiger partial charge is 0.397 e. The number of aliphatic hydroxyl groups is 5. The summed E-state index contributed by atoms with van der Waals surface area (Å²) < 4.78 is 24.1. The molecule has 7 rings (SSSR count). The summed E-state index contributed by atoms with van der Waals surface area (Å²) in [5.41, 5.74) is -1.42. The minimum Gasteiger partial charge on any atom is -0.387 e. The monoisotopic (exact) mass is 870 g/mol. The van der Waals surface area contributed by atoms with Crippen LogP contribution in [0.5, 0.6) is 0 Å². The molecule has 5 aliphatic carbocycles. The first-order valence-electron chi connectivity index (χ1n) is 21.6. The highest BCUT2D eigenvalue weighted by Crippen LogP contribution is 2.75. The van der Waals surface area contributed by atoms with Crippen molar-refractivity contribution in [2.75, 3.05) is 0 Å². The number of hydrogen-bond acceptors (Lipinski definition) is 16. The van der Waals surface area contributed by atoms with Crippen LogP contribution in [0.4, 0.5) is 0 Å². The van der Waals surface area contributed by atoms with Gasteiger partial charge in [0.15, 0.2) is 30.6 Å². The minimum atomic E-state index is -1.97. The smallest absolute Gasteiger partial charge is 0.387 e. The zero-order valence-corrected chi connectivity index (χ0v) is 36.4. The molecule has 344 valence electrons.